The third-order valence-corrected chi connectivity index (χ3v) is 3.44. The van der Waals surface area contributed by atoms with Gasteiger partial charge in [-0.1, -0.05) is 15.9 Å². The minimum absolute atomic E-state index is 0.0893. The summed E-state index contributed by atoms with van der Waals surface area (Å²) in [6.07, 6.45) is -5.31. The van der Waals surface area contributed by atoms with Gasteiger partial charge in [0.05, 0.1) is 0 Å². The molecule has 19 heavy (non-hydrogen) atoms. The zero-order valence-corrected chi connectivity index (χ0v) is 11.4. The molecule has 0 bridgehead atoms. The fourth-order valence-corrected chi connectivity index (χ4v) is 2.38. The van der Waals surface area contributed by atoms with Gasteiger partial charge in [-0.05, 0) is 18.2 Å². The van der Waals surface area contributed by atoms with E-state index in [0.29, 0.717) is 4.47 Å². The van der Waals surface area contributed by atoms with E-state index in [9.17, 15) is 17.6 Å². The van der Waals surface area contributed by atoms with E-state index in [1.54, 1.807) is 0 Å². The Morgan fingerprint density at radius 2 is 2.16 bits per heavy atom. The van der Waals surface area contributed by atoms with Crippen LogP contribution < -0.4 is 0 Å². The molecule has 0 spiro atoms. The Morgan fingerprint density at radius 1 is 1.47 bits per heavy atom. The fourth-order valence-electron chi connectivity index (χ4n) is 2.02. The largest absolute Gasteiger partial charge is 0.478 e. The molecule has 0 saturated carbocycles. The van der Waals surface area contributed by atoms with Gasteiger partial charge in [0.15, 0.2) is 17.6 Å². The predicted octanol–water partition coefficient (Wildman–Crippen LogP) is 3.84. The van der Waals surface area contributed by atoms with Crippen LogP contribution in [0.1, 0.15) is 12.5 Å². The van der Waals surface area contributed by atoms with Crippen LogP contribution in [0.3, 0.4) is 0 Å². The quantitative estimate of drug-likeness (QED) is 0.750. The van der Waals surface area contributed by atoms with Gasteiger partial charge in [-0.25, -0.2) is 22.6 Å². The summed E-state index contributed by atoms with van der Waals surface area (Å²) in [7, 11) is 0. The van der Waals surface area contributed by atoms with Crippen molar-refractivity contribution >= 4 is 21.8 Å². The highest BCUT2D eigenvalue weighted by Gasteiger charge is 2.53. The topological polar surface area (TPSA) is 21.6 Å². The second-order valence-electron chi connectivity index (χ2n) is 4.16. The molecule has 1 aliphatic rings. The molecular formula is C12H10BrF4NO. The van der Waals surface area contributed by atoms with Crippen LogP contribution >= 0.6 is 15.9 Å². The first-order valence-electron chi connectivity index (χ1n) is 5.45. The second kappa shape index (κ2) is 5.11. The van der Waals surface area contributed by atoms with Crippen molar-refractivity contribution < 1.29 is 22.3 Å². The highest BCUT2D eigenvalue weighted by atomic mass is 79.9. The Labute approximate surface area is 115 Å². The Balaban J connectivity index is 2.69. The zero-order chi connectivity index (χ0) is 14.2. The first-order valence-corrected chi connectivity index (χ1v) is 6.24. The van der Waals surface area contributed by atoms with Crippen LogP contribution in [0.15, 0.2) is 27.7 Å². The monoisotopic (exact) mass is 339 g/mol. The first kappa shape index (κ1) is 14.3. The standard InChI is InChI=1S/C12H10BrF4NO/c1-6-18-12(11(16)17,10(15)5-19-6)8-4-7(13)2-3-9(8)14/h2-4,10-11H,5H2,1H3/t10-,12+/m0/s1. The van der Waals surface area contributed by atoms with Crippen molar-refractivity contribution in [3.63, 3.8) is 0 Å². The van der Waals surface area contributed by atoms with Crippen LogP contribution in [0.5, 0.6) is 0 Å². The molecule has 2 rings (SSSR count). The molecule has 0 aliphatic carbocycles. The van der Waals surface area contributed by atoms with Crippen molar-refractivity contribution in [1.29, 1.82) is 0 Å². The van der Waals surface area contributed by atoms with E-state index in [2.05, 4.69) is 20.9 Å². The number of ether oxygens (including phenoxy) is 1. The number of halogens is 5. The number of alkyl halides is 3. The number of benzene rings is 1. The summed E-state index contributed by atoms with van der Waals surface area (Å²) in [6.45, 7) is 0.754. The van der Waals surface area contributed by atoms with Gasteiger partial charge in [0.2, 0.25) is 0 Å². The lowest BCUT2D eigenvalue weighted by Crippen LogP contribution is -2.48. The van der Waals surface area contributed by atoms with Gasteiger partial charge < -0.3 is 4.74 Å². The number of nitrogens with zero attached hydrogens (tertiary/aromatic N) is 1. The molecule has 104 valence electrons. The van der Waals surface area contributed by atoms with Crippen LogP contribution in [-0.4, -0.2) is 25.1 Å². The van der Waals surface area contributed by atoms with E-state index in [0.717, 1.165) is 12.1 Å². The number of hydrogen-bond donors (Lipinski definition) is 0. The summed E-state index contributed by atoms with van der Waals surface area (Å²) in [5, 5.41) is 0. The van der Waals surface area contributed by atoms with Gasteiger partial charge in [-0.3, -0.25) is 0 Å². The average Bonchev–Trinajstić information content (AvgIpc) is 2.35. The number of hydrogen-bond acceptors (Lipinski definition) is 2. The van der Waals surface area contributed by atoms with Gasteiger partial charge in [-0.15, -0.1) is 0 Å². The zero-order valence-electron chi connectivity index (χ0n) is 9.84. The Morgan fingerprint density at radius 3 is 2.79 bits per heavy atom. The Kier molecular flexibility index (Phi) is 3.85. The molecule has 0 N–H and O–H groups in total. The summed E-state index contributed by atoms with van der Waals surface area (Å²) >= 11 is 3.06. The lowest BCUT2D eigenvalue weighted by Gasteiger charge is -2.36. The van der Waals surface area contributed by atoms with Crippen LogP contribution in [0, 0.1) is 5.82 Å². The summed E-state index contributed by atoms with van der Waals surface area (Å²) in [5.41, 5.74) is -3.04. The van der Waals surface area contributed by atoms with Crippen LogP contribution in [0.2, 0.25) is 0 Å². The van der Waals surface area contributed by atoms with Gasteiger partial charge in [0, 0.05) is 17.0 Å². The molecule has 1 aromatic carbocycles. The fraction of sp³-hybridized carbons (Fsp3) is 0.417. The molecule has 0 fully saturated rings. The third kappa shape index (κ3) is 2.35. The summed E-state index contributed by atoms with van der Waals surface area (Å²) in [4.78, 5) is 3.58. The summed E-state index contributed by atoms with van der Waals surface area (Å²) in [6, 6.07) is 3.47. The second-order valence-corrected chi connectivity index (χ2v) is 5.08. The summed E-state index contributed by atoms with van der Waals surface area (Å²) < 4.78 is 59.8. The van der Waals surface area contributed by atoms with Gasteiger partial charge in [0.25, 0.3) is 6.43 Å². The maximum atomic E-state index is 14.0. The molecular weight excluding hydrogens is 330 g/mol. The molecule has 1 heterocycles. The van der Waals surface area contributed by atoms with Crippen molar-refractivity contribution in [3.8, 4) is 0 Å². The molecule has 0 amide bonds. The molecule has 2 atom stereocenters. The lowest BCUT2D eigenvalue weighted by molar-refractivity contribution is -0.0299. The molecule has 0 saturated heterocycles. The van der Waals surface area contributed by atoms with Gasteiger partial charge in [-0.2, -0.15) is 0 Å². The normalized spacial score (nSPS) is 27.1. The van der Waals surface area contributed by atoms with E-state index in [4.69, 9.17) is 4.74 Å². The van der Waals surface area contributed by atoms with Crippen molar-refractivity contribution in [2.45, 2.75) is 25.1 Å². The van der Waals surface area contributed by atoms with Crippen LogP contribution in [0.25, 0.3) is 0 Å². The van der Waals surface area contributed by atoms with Crippen molar-refractivity contribution in [2.24, 2.45) is 4.99 Å². The third-order valence-electron chi connectivity index (χ3n) is 2.95. The average molecular weight is 340 g/mol. The molecule has 0 unspecified atom stereocenters. The predicted molar refractivity (Wildman–Crippen MR) is 65.7 cm³/mol. The number of aliphatic imine (C=N–C) groups is 1. The maximum Gasteiger partial charge on any atom is 0.270 e. The van der Waals surface area contributed by atoms with Crippen molar-refractivity contribution in [3.05, 3.63) is 34.1 Å². The summed E-state index contributed by atoms with van der Waals surface area (Å²) in [5.74, 6) is -1.02. The number of rotatable bonds is 2. The Bertz CT molecular complexity index is 522. The highest BCUT2D eigenvalue weighted by Crippen LogP contribution is 2.42. The van der Waals surface area contributed by atoms with Crippen molar-refractivity contribution in [2.75, 3.05) is 6.61 Å². The minimum Gasteiger partial charge on any atom is -0.478 e. The lowest BCUT2D eigenvalue weighted by atomic mass is 9.85. The molecule has 7 heteroatoms. The first-order chi connectivity index (χ1) is 8.87. The molecule has 0 radical (unpaired) electrons. The smallest absolute Gasteiger partial charge is 0.270 e. The van der Waals surface area contributed by atoms with Gasteiger partial charge >= 0.3 is 0 Å². The van der Waals surface area contributed by atoms with Crippen LogP contribution in [0.4, 0.5) is 17.6 Å². The Hall–Kier alpha value is -1.11. The van der Waals surface area contributed by atoms with E-state index in [1.807, 2.05) is 0 Å². The van der Waals surface area contributed by atoms with E-state index in [-0.39, 0.29) is 5.90 Å². The van der Waals surface area contributed by atoms with E-state index in [1.165, 1.54) is 13.0 Å². The molecule has 1 aromatic rings. The van der Waals surface area contributed by atoms with E-state index < -0.39 is 36.1 Å². The molecule has 0 aromatic heterocycles. The van der Waals surface area contributed by atoms with Crippen molar-refractivity contribution in [1.82, 2.24) is 0 Å². The molecule has 2 nitrogen and oxygen atoms in total. The SMILES string of the molecule is CC1=N[C@@](c2cc(Br)ccc2F)(C(F)F)[C@@H](F)CO1. The highest BCUT2D eigenvalue weighted by molar-refractivity contribution is 9.10. The van der Waals surface area contributed by atoms with Crippen LogP contribution in [-0.2, 0) is 10.3 Å². The maximum absolute atomic E-state index is 14.0. The molecule has 1 aliphatic heterocycles. The van der Waals surface area contributed by atoms with Gasteiger partial charge in [0.1, 0.15) is 12.4 Å². The minimum atomic E-state index is -3.19. The van der Waals surface area contributed by atoms with E-state index >= 15 is 0 Å².